The SMILES string of the molecule is C[C@@H]1CN(C(=O)c2ccc3cc(Oc4ccc(C(F)(F)F)cn4)ccc3n2)C[C@H]1O. The Balaban J connectivity index is 1.51. The summed E-state index contributed by atoms with van der Waals surface area (Å²) in [5.74, 6) is 0.193. The van der Waals surface area contributed by atoms with Gasteiger partial charge in [0.1, 0.15) is 11.4 Å². The van der Waals surface area contributed by atoms with Gasteiger partial charge < -0.3 is 14.7 Å². The number of rotatable bonds is 3. The van der Waals surface area contributed by atoms with E-state index in [1.54, 1.807) is 35.2 Å². The lowest BCUT2D eigenvalue weighted by Gasteiger charge is -2.15. The Kier molecular flexibility index (Phi) is 5.07. The standard InChI is InChI=1S/C21H18F3N3O3/c1-12-10-27(11-18(12)28)20(29)17-5-2-13-8-15(4-6-16(13)26-17)30-19-7-3-14(9-25-19)21(22,23)24/h2-9,12,18,28H,10-11H2,1H3/t12-,18-/m1/s1. The van der Waals surface area contributed by atoms with Crippen molar-refractivity contribution in [3.63, 3.8) is 0 Å². The number of amides is 1. The number of alkyl halides is 3. The minimum atomic E-state index is -4.46. The average Bonchev–Trinajstić information content (AvgIpc) is 3.05. The van der Waals surface area contributed by atoms with Crippen molar-refractivity contribution in [2.45, 2.75) is 19.2 Å². The smallest absolute Gasteiger partial charge is 0.417 e. The van der Waals surface area contributed by atoms with Gasteiger partial charge in [-0.05, 0) is 30.3 Å². The zero-order chi connectivity index (χ0) is 21.5. The predicted molar refractivity (Wildman–Crippen MR) is 102 cm³/mol. The fourth-order valence-electron chi connectivity index (χ4n) is 3.29. The minimum absolute atomic E-state index is 0.0212. The highest BCUT2D eigenvalue weighted by atomic mass is 19.4. The van der Waals surface area contributed by atoms with Gasteiger partial charge in [0.2, 0.25) is 5.88 Å². The molecule has 0 radical (unpaired) electrons. The second-order valence-corrected chi connectivity index (χ2v) is 7.29. The van der Waals surface area contributed by atoms with Crippen LogP contribution in [-0.2, 0) is 6.18 Å². The normalized spacial score (nSPS) is 19.3. The van der Waals surface area contributed by atoms with Crippen molar-refractivity contribution in [1.82, 2.24) is 14.9 Å². The van der Waals surface area contributed by atoms with Gasteiger partial charge in [-0.1, -0.05) is 13.0 Å². The number of carbonyl (C=O) groups is 1. The summed E-state index contributed by atoms with van der Waals surface area (Å²) in [5, 5.41) is 10.6. The summed E-state index contributed by atoms with van der Waals surface area (Å²) in [6.07, 6.45) is -4.28. The molecule has 4 rings (SSSR count). The number of nitrogens with zero attached hydrogens (tertiary/aromatic N) is 3. The van der Waals surface area contributed by atoms with Gasteiger partial charge in [0.25, 0.3) is 5.91 Å². The van der Waals surface area contributed by atoms with Crippen molar-refractivity contribution in [3.8, 4) is 11.6 Å². The van der Waals surface area contributed by atoms with Crippen molar-refractivity contribution in [2.75, 3.05) is 13.1 Å². The molecule has 30 heavy (non-hydrogen) atoms. The fourth-order valence-corrected chi connectivity index (χ4v) is 3.29. The van der Waals surface area contributed by atoms with Crippen LogP contribution in [0.3, 0.4) is 0 Å². The molecule has 0 saturated carbocycles. The van der Waals surface area contributed by atoms with Crippen LogP contribution in [0.5, 0.6) is 11.6 Å². The highest BCUT2D eigenvalue weighted by Gasteiger charge is 2.32. The molecule has 2 atom stereocenters. The van der Waals surface area contributed by atoms with E-state index in [1.807, 2.05) is 6.92 Å². The van der Waals surface area contributed by atoms with Crippen molar-refractivity contribution in [2.24, 2.45) is 5.92 Å². The zero-order valence-electron chi connectivity index (χ0n) is 15.9. The summed E-state index contributed by atoms with van der Waals surface area (Å²) < 4.78 is 43.4. The molecule has 1 aliphatic heterocycles. The largest absolute Gasteiger partial charge is 0.439 e. The maximum absolute atomic E-state index is 12.6. The first kappa shape index (κ1) is 20.1. The molecule has 1 amide bonds. The molecule has 1 aromatic carbocycles. The van der Waals surface area contributed by atoms with Crippen LogP contribution in [0.15, 0.2) is 48.7 Å². The first-order chi connectivity index (χ1) is 14.2. The molecule has 1 aliphatic rings. The van der Waals surface area contributed by atoms with Gasteiger partial charge in [0, 0.05) is 36.7 Å². The number of aliphatic hydroxyl groups excluding tert-OH is 1. The highest BCUT2D eigenvalue weighted by Crippen LogP contribution is 2.30. The number of aromatic nitrogens is 2. The van der Waals surface area contributed by atoms with E-state index in [0.717, 1.165) is 12.1 Å². The van der Waals surface area contributed by atoms with E-state index in [9.17, 15) is 23.1 Å². The highest BCUT2D eigenvalue weighted by molar-refractivity contribution is 5.95. The van der Waals surface area contributed by atoms with Crippen LogP contribution < -0.4 is 4.74 Å². The molecule has 0 bridgehead atoms. The Labute approximate surface area is 169 Å². The Hall–Kier alpha value is -3.20. The third-order valence-corrected chi connectivity index (χ3v) is 5.03. The van der Waals surface area contributed by atoms with E-state index in [0.29, 0.717) is 29.4 Å². The molecule has 9 heteroatoms. The van der Waals surface area contributed by atoms with Gasteiger partial charge in [-0.3, -0.25) is 4.79 Å². The monoisotopic (exact) mass is 417 g/mol. The van der Waals surface area contributed by atoms with Crippen LogP contribution in [0.1, 0.15) is 23.0 Å². The molecule has 3 heterocycles. The molecule has 156 valence electrons. The number of benzene rings is 1. The number of β-amino-alcohol motifs (C(OH)–C–C–N with tert-alkyl or cyclic N) is 1. The minimum Gasteiger partial charge on any atom is -0.439 e. The number of likely N-dealkylation sites (tertiary alicyclic amines) is 1. The van der Waals surface area contributed by atoms with Gasteiger partial charge in [-0.25, -0.2) is 9.97 Å². The maximum Gasteiger partial charge on any atom is 0.417 e. The van der Waals surface area contributed by atoms with Crippen LogP contribution in [-0.4, -0.2) is 45.1 Å². The Bertz CT molecular complexity index is 1080. The lowest BCUT2D eigenvalue weighted by atomic mass is 10.1. The number of pyridine rings is 2. The summed E-state index contributed by atoms with van der Waals surface area (Å²) in [6.45, 7) is 2.65. The lowest BCUT2D eigenvalue weighted by molar-refractivity contribution is -0.137. The summed E-state index contributed by atoms with van der Waals surface area (Å²) in [5.41, 5.74) is -0.00193. The molecular weight excluding hydrogens is 399 g/mol. The molecule has 1 fully saturated rings. The van der Waals surface area contributed by atoms with Crippen molar-refractivity contribution >= 4 is 16.8 Å². The molecular formula is C21H18F3N3O3. The van der Waals surface area contributed by atoms with E-state index < -0.39 is 17.8 Å². The van der Waals surface area contributed by atoms with Gasteiger partial charge in [-0.2, -0.15) is 13.2 Å². The number of halogens is 3. The van der Waals surface area contributed by atoms with Gasteiger partial charge in [0.05, 0.1) is 17.2 Å². The number of carbonyl (C=O) groups excluding carboxylic acids is 1. The van der Waals surface area contributed by atoms with E-state index in [-0.39, 0.29) is 29.9 Å². The van der Waals surface area contributed by atoms with E-state index in [4.69, 9.17) is 4.74 Å². The van der Waals surface area contributed by atoms with Crippen molar-refractivity contribution in [1.29, 1.82) is 0 Å². The Morgan fingerprint density at radius 1 is 1.17 bits per heavy atom. The number of fused-ring (bicyclic) bond motifs is 1. The second-order valence-electron chi connectivity index (χ2n) is 7.29. The topological polar surface area (TPSA) is 75.6 Å². The number of hydrogen-bond donors (Lipinski definition) is 1. The van der Waals surface area contributed by atoms with Crippen molar-refractivity contribution in [3.05, 3.63) is 59.9 Å². The quantitative estimate of drug-likeness (QED) is 0.700. The lowest BCUT2D eigenvalue weighted by Crippen LogP contribution is -2.30. The molecule has 0 unspecified atom stereocenters. The fraction of sp³-hybridized carbons (Fsp3) is 0.286. The van der Waals surface area contributed by atoms with E-state index >= 15 is 0 Å². The Morgan fingerprint density at radius 3 is 2.60 bits per heavy atom. The van der Waals surface area contributed by atoms with Gasteiger partial charge in [-0.15, -0.1) is 0 Å². The molecule has 6 nitrogen and oxygen atoms in total. The molecule has 3 aromatic rings. The third-order valence-electron chi connectivity index (χ3n) is 5.03. The number of ether oxygens (including phenoxy) is 1. The third kappa shape index (κ3) is 4.06. The second kappa shape index (κ2) is 7.56. The molecule has 1 saturated heterocycles. The number of hydrogen-bond acceptors (Lipinski definition) is 5. The predicted octanol–water partition coefficient (Wildman–Crippen LogP) is 3.89. The van der Waals surface area contributed by atoms with Crippen LogP contribution in [0.4, 0.5) is 13.2 Å². The summed E-state index contributed by atoms with van der Waals surface area (Å²) >= 11 is 0. The summed E-state index contributed by atoms with van der Waals surface area (Å²) in [7, 11) is 0. The van der Waals surface area contributed by atoms with Gasteiger partial charge >= 0.3 is 6.18 Å². The van der Waals surface area contributed by atoms with Gasteiger partial charge in [0.15, 0.2) is 0 Å². The van der Waals surface area contributed by atoms with Crippen LogP contribution >= 0.6 is 0 Å². The van der Waals surface area contributed by atoms with Crippen molar-refractivity contribution < 1.29 is 27.8 Å². The Morgan fingerprint density at radius 2 is 1.97 bits per heavy atom. The average molecular weight is 417 g/mol. The summed E-state index contributed by atoms with van der Waals surface area (Å²) in [4.78, 5) is 22.3. The summed E-state index contributed by atoms with van der Waals surface area (Å²) in [6, 6.07) is 10.3. The molecule has 0 spiro atoms. The molecule has 2 aromatic heterocycles. The zero-order valence-corrected chi connectivity index (χ0v) is 15.9. The van der Waals surface area contributed by atoms with Crippen LogP contribution in [0.2, 0.25) is 0 Å². The molecule has 1 N–H and O–H groups in total. The van der Waals surface area contributed by atoms with E-state index in [1.165, 1.54) is 0 Å². The maximum atomic E-state index is 12.6. The van der Waals surface area contributed by atoms with Crippen LogP contribution in [0.25, 0.3) is 10.9 Å². The molecule has 0 aliphatic carbocycles. The first-order valence-electron chi connectivity index (χ1n) is 9.30. The van der Waals surface area contributed by atoms with E-state index in [2.05, 4.69) is 9.97 Å². The number of aliphatic hydroxyl groups is 1. The first-order valence-corrected chi connectivity index (χ1v) is 9.30. The van der Waals surface area contributed by atoms with Crippen LogP contribution in [0, 0.1) is 5.92 Å².